The van der Waals surface area contributed by atoms with E-state index in [0.717, 1.165) is 18.5 Å². The molecule has 2 N–H and O–H groups in total. The summed E-state index contributed by atoms with van der Waals surface area (Å²) in [6.07, 6.45) is 3.95. The number of aromatic amines is 1. The van der Waals surface area contributed by atoms with Crippen molar-refractivity contribution in [3.63, 3.8) is 0 Å². The van der Waals surface area contributed by atoms with Crippen molar-refractivity contribution in [2.75, 3.05) is 16.8 Å². The van der Waals surface area contributed by atoms with Crippen LogP contribution in [0.4, 0.5) is 5.95 Å². The molecular formula is C13H16N6O3S. The normalized spacial score (nSPS) is 23.0. The van der Waals surface area contributed by atoms with Gasteiger partial charge in [0, 0.05) is 11.6 Å². The monoisotopic (exact) mass is 336 g/mol. The van der Waals surface area contributed by atoms with E-state index in [9.17, 15) is 13.2 Å². The van der Waals surface area contributed by atoms with Crippen molar-refractivity contribution in [2.45, 2.75) is 31.2 Å². The first-order chi connectivity index (χ1) is 11.0. The zero-order chi connectivity index (χ0) is 16.0. The number of nitrogens with zero attached hydrogens (tertiary/aromatic N) is 4. The molecule has 2 aromatic rings. The van der Waals surface area contributed by atoms with Crippen molar-refractivity contribution in [2.24, 2.45) is 0 Å². The number of carbonyl (C=O) groups excluding carboxylic acids is 1. The lowest BCUT2D eigenvalue weighted by Crippen LogP contribution is -2.17. The lowest BCUT2D eigenvalue weighted by molar-refractivity contribution is 0.102. The fourth-order valence-electron chi connectivity index (χ4n) is 2.90. The summed E-state index contributed by atoms with van der Waals surface area (Å²) in [6, 6.07) is 1.58. The van der Waals surface area contributed by atoms with Gasteiger partial charge in [-0.05, 0) is 25.3 Å². The maximum Gasteiger partial charge on any atom is 0.278 e. The van der Waals surface area contributed by atoms with Gasteiger partial charge in [0.25, 0.3) is 5.91 Å². The fourth-order valence-corrected chi connectivity index (χ4v) is 4.59. The molecule has 1 amide bonds. The van der Waals surface area contributed by atoms with E-state index in [4.69, 9.17) is 0 Å². The van der Waals surface area contributed by atoms with Crippen molar-refractivity contribution in [1.82, 2.24) is 25.0 Å². The van der Waals surface area contributed by atoms with Crippen LogP contribution in [0.25, 0.3) is 0 Å². The van der Waals surface area contributed by atoms with Gasteiger partial charge in [0.15, 0.2) is 15.5 Å². The zero-order valence-electron chi connectivity index (χ0n) is 12.3. The number of carbonyl (C=O) groups is 1. The predicted octanol–water partition coefficient (Wildman–Crippen LogP) is 0.490. The third kappa shape index (κ3) is 2.85. The summed E-state index contributed by atoms with van der Waals surface area (Å²) in [5.41, 5.74) is 1.22. The molecule has 23 heavy (non-hydrogen) atoms. The molecule has 1 aliphatic carbocycles. The first kappa shape index (κ1) is 14.4. The van der Waals surface area contributed by atoms with Crippen LogP contribution in [0.5, 0.6) is 0 Å². The third-order valence-corrected chi connectivity index (χ3v) is 5.94. The van der Waals surface area contributed by atoms with Gasteiger partial charge in [0.1, 0.15) is 6.33 Å². The van der Waals surface area contributed by atoms with Crippen LogP contribution in [0.3, 0.4) is 0 Å². The molecule has 0 radical (unpaired) electrons. The standard InChI is InChI=1S/C13H16N6O3S/c20-12(16-13-14-7-15-17-13)10-5-11(8-1-2-8)19(18-10)9-3-4-23(21,22)6-9/h5,7-9H,1-4,6H2,(H2,14,15,16,17,20). The second-order valence-electron chi connectivity index (χ2n) is 6.02. The molecule has 122 valence electrons. The Morgan fingerprint density at radius 2 is 2.17 bits per heavy atom. The molecule has 1 saturated heterocycles. The molecule has 1 aliphatic heterocycles. The van der Waals surface area contributed by atoms with Crippen molar-refractivity contribution in [1.29, 1.82) is 0 Å². The van der Waals surface area contributed by atoms with Crippen LogP contribution in [0.2, 0.25) is 0 Å². The largest absolute Gasteiger partial charge is 0.289 e. The van der Waals surface area contributed by atoms with Crippen LogP contribution in [-0.4, -0.2) is 50.8 Å². The molecular weight excluding hydrogens is 320 g/mol. The van der Waals surface area contributed by atoms with Crippen LogP contribution < -0.4 is 5.32 Å². The third-order valence-electron chi connectivity index (χ3n) is 4.19. The van der Waals surface area contributed by atoms with Crippen LogP contribution in [0.1, 0.15) is 47.4 Å². The minimum absolute atomic E-state index is 0.0948. The lowest BCUT2D eigenvalue weighted by Gasteiger charge is -2.12. The number of amides is 1. The van der Waals surface area contributed by atoms with E-state index in [1.807, 2.05) is 0 Å². The minimum atomic E-state index is -3.00. The number of hydrogen-bond acceptors (Lipinski definition) is 6. The zero-order valence-corrected chi connectivity index (χ0v) is 13.1. The van der Waals surface area contributed by atoms with E-state index in [1.165, 1.54) is 6.33 Å². The quantitative estimate of drug-likeness (QED) is 0.838. The molecule has 10 heteroatoms. The molecule has 4 rings (SSSR count). The number of rotatable bonds is 4. The highest BCUT2D eigenvalue weighted by atomic mass is 32.2. The summed E-state index contributed by atoms with van der Waals surface area (Å²) in [5.74, 6) is 0.514. The van der Waals surface area contributed by atoms with Gasteiger partial charge in [-0.25, -0.2) is 13.5 Å². The van der Waals surface area contributed by atoms with Gasteiger partial charge in [0.05, 0.1) is 17.5 Å². The number of hydrogen-bond donors (Lipinski definition) is 2. The highest BCUT2D eigenvalue weighted by Gasteiger charge is 2.36. The van der Waals surface area contributed by atoms with Gasteiger partial charge in [0.2, 0.25) is 5.95 Å². The average molecular weight is 336 g/mol. The van der Waals surface area contributed by atoms with Gasteiger partial charge in [-0.3, -0.25) is 14.8 Å². The molecule has 0 spiro atoms. The molecule has 2 aliphatic rings. The van der Waals surface area contributed by atoms with E-state index in [2.05, 4.69) is 25.6 Å². The van der Waals surface area contributed by atoms with Crippen LogP contribution in [0.15, 0.2) is 12.4 Å². The molecule has 2 fully saturated rings. The molecule has 1 saturated carbocycles. The lowest BCUT2D eigenvalue weighted by atomic mass is 10.2. The summed E-state index contributed by atoms with van der Waals surface area (Å²) < 4.78 is 25.2. The second-order valence-corrected chi connectivity index (χ2v) is 8.25. The van der Waals surface area contributed by atoms with Crippen molar-refractivity contribution in [3.8, 4) is 0 Å². The van der Waals surface area contributed by atoms with Gasteiger partial charge in [-0.15, -0.1) is 0 Å². The van der Waals surface area contributed by atoms with Crippen LogP contribution in [0, 0.1) is 0 Å². The molecule has 2 aromatic heterocycles. The highest BCUT2D eigenvalue weighted by Crippen LogP contribution is 2.42. The van der Waals surface area contributed by atoms with Crippen molar-refractivity contribution < 1.29 is 13.2 Å². The molecule has 9 nitrogen and oxygen atoms in total. The topological polar surface area (TPSA) is 123 Å². The van der Waals surface area contributed by atoms with Gasteiger partial charge in [-0.1, -0.05) is 0 Å². The maximum absolute atomic E-state index is 12.3. The van der Waals surface area contributed by atoms with E-state index < -0.39 is 9.84 Å². The summed E-state index contributed by atoms with van der Waals surface area (Å²) in [5, 5.41) is 13.2. The smallest absolute Gasteiger partial charge is 0.278 e. The van der Waals surface area contributed by atoms with E-state index in [1.54, 1.807) is 10.7 Å². The van der Waals surface area contributed by atoms with Gasteiger partial charge >= 0.3 is 0 Å². The van der Waals surface area contributed by atoms with Crippen molar-refractivity contribution >= 4 is 21.7 Å². The first-order valence-electron chi connectivity index (χ1n) is 7.48. The summed E-state index contributed by atoms with van der Waals surface area (Å²) in [6.45, 7) is 0. The number of nitrogens with one attached hydrogen (secondary N) is 2. The van der Waals surface area contributed by atoms with E-state index in [0.29, 0.717) is 12.3 Å². The van der Waals surface area contributed by atoms with E-state index >= 15 is 0 Å². The Bertz CT molecular complexity index is 837. The first-order valence-corrected chi connectivity index (χ1v) is 9.30. The van der Waals surface area contributed by atoms with Gasteiger partial charge < -0.3 is 0 Å². The summed E-state index contributed by atoms with van der Waals surface area (Å²) in [7, 11) is -3.00. The fraction of sp³-hybridized carbons (Fsp3) is 0.538. The van der Waals surface area contributed by atoms with Crippen molar-refractivity contribution in [3.05, 3.63) is 23.8 Å². The number of H-pyrrole nitrogens is 1. The Morgan fingerprint density at radius 1 is 1.35 bits per heavy atom. The highest BCUT2D eigenvalue weighted by molar-refractivity contribution is 7.91. The summed E-state index contributed by atoms with van der Waals surface area (Å²) in [4.78, 5) is 16.1. The average Bonchev–Trinajstić information content (AvgIpc) is 2.92. The predicted molar refractivity (Wildman–Crippen MR) is 80.8 cm³/mol. The Labute approximate surface area is 132 Å². The van der Waals surface area contributed by atoms with E-state index in [-0.39, 0.29) is 35.1 Å². The Kier molecular flexibility index (Phi) is 3.22. The molecule has 0 aromatic carbocycles. The maximum atomic E-state index is 12.3. The van der Waals surface area contributed by atoms with Crippen LogP contribution in [-0.2, 0) is 9.84 Å². The second kappa shape index (κ2) is 5.15. The molecule has 1 atom stereocenters. The van der Waals surface area contributed by atoms with Gasteiger partial charge in [-0.2, -0.15) is 15.2 Å². The minimum Gasteiger partial charge on any atom is -0.289 e. The molecule has 1 unspecified atom stereocenters. The Hall–Kier alpha value is -2.23. The summed E-state index contributed by atoms with van der Waals surface area (Å²) >= 11 is 0. The Balaban J connectivity index is 1.62. The Morgan fingerprint density at radius 3 is 2.78 bits per heavy atom. The molecule has 3 heterocycles. The van der Waals surface area contributed by atoms with Crippen LogP contribution >= 0.6 is 0 Å². The number of aromatic nitrogens is 5. The SMILES string of the molecule is O=C(Nc1ncn[nH]1)c1cc(C2CC2)n(C2CCS(=O)(=O)C2)n1. The number of sulfone groups is 1. The molecule has 0 bridgehead atoms. The number of anilines is 1.